The molecule has 0 aromatic heterocycles. The molecule has 1 aromatic rings. The van der Waals surface area contributed by atoms with Crippen LogP contribution in [0.1, 0.15) is 49.4 Å². The van der Waals surface area contributed by atoms with Gasteiger partial charge >= 0.3 is 0 Å². The molecule has 0 unspecified atom stereocenters. The number of anilines is 1. The third-order valence-electron chi connectivity index (χ3n) is 3.86. The number of benzene rings is 1. The van der Waals surface area contributed by atoms with E-state index in [9.17, 15) is 4.79 Å². The SMILES string of the molecule is C[C@H](NC(=O)c1cccc(N)c1)C1CCCCC1. The van der Waals surface area contributed by atoms with Crippen molar-refractivity contribution >= 4 is 11.6 Å². The molecule has 3 heteroatoms. The van der Waals surface area contributed by atoms with Crippen LogP contribution in [0.4, 0.5) is 5.69 Å². The second-order valence-corrected chi connectivity index (χ2v) is 5.29. The van der Waals surface area contributed by atoms with Crippen LogP contribution in [-0.2, 0) is 0 Å². The van der Waals surface area contributed by atoms with Crippen molar-refractivity contribution in [2.45, 2.75) is 45.1 Å². The van der Waals surface area contributed by atoms with E-state index in [1.165, 1.54) is 32.1 Å². The molecule has 3 nitrogen and oxygen atoms in total. The van der Waals surface area contributed by atoms with Crippen molar-refractivity contribution in [1.29, 1.82) is 0 Å². The highest BCUT2D eigenvalue weighted by molar-refractivity contribution is 5.95. The van der Waals surface area contributed by atoms with Gasteiger partial charge in [0.25, 0.3) is 5.91 Å². The number of nitrogen functional groups attached to an aromatic ring is 1. The molecule has 98 valence electrons. The van der Waals surface area contributed by atoms with Crippen LogP contribution in [0.2, 0.25) is 0 Å². The first kappa shape index (κ1) is 12.9. The Morgan fingerprint density at radius 2 is 2.06 bits per heavy atom. The molecule has 1 aromatic carbocycles. The van der Waals surface area contributed by atoms with Gasteiger partial charge < -0.3 is 11.1 Å². The largest absolute Gasteiger partial charge is 0.399 e. The van der Waals surface area contributed by atoms with E-state index in [-0.39, 0.29) is 11.9 Å². The first-order valence-electron chi connectivity index (χ1n) is 6.83. The number of hydrogen-bond acceptors (Lipinski definition) is 2. The molecule has 1 atom stereocenters. The van der Waals surface area contributed by atoms with Crippen LogP contribution in [0.5, 0.6) is 0 Å². The number of nitrogens with one attached hydrogen (secondary N) is 1. The Balaban J connectivity index is 1.94. The summed E-state index contributed by atoms with van der Waals surface area (Å²) in [6, 6.07) is 7.39. The third kappa shape index (κ3) is 3.25. The molecular formula is C15H22N2O. The quantitative estimate of drug-likeness (QED) is 0.806. The monoisotopic (exact) mass is 246 g/mol. The molecule has 18 heavy (non-hydrogen) atoms. The van der Waals surface area contributed by atoms with E-state index in [0.717, 1.165) is 0 Å². The number of hydrogen-bond donors (Lipinski definition) is 2. The Labute approximate surface area is 109 Å². The summed E-state index contributed by atoms with van der Waals surface area (Å²) < 4.78 is 0. The maximum absolute atomic E-state index is 12.1. The van der Waals surface area contributed by atoms with Crippen LogP contribution < -0.4 is 11.1 Å². The summed E-state index contributed by atoms with van der Waals surface area (Å²) in [6.07, 6.45) is 6.40. The summed E-state index contributed by atoms with van der Waals surface area (Å²) in [4.78, 5) is 12.1. The smallest absolute Gasteiger partial charge is 0.251 e. The highest BCUT2D eigenvalue weighted by atomic mass is 16.1. The van der Waals surface area contributed by atoms with Gasteiger partial charge in [-0.2, -0.15) is 0 Å². The lowest BCUT2D eigenvalue weighted by atomic mass is 9.84. The fourth-order valence-electron chi connectivity index (χ4n) is 2.72. The maximum atomic E-state index is 12.1. The second kappa shape index (κ2) is 5.89. The summed E-state index contributed by atoms with van der Waals surface area (Å²) in [6.45, 7) is 2.11. The summed E-state index contributed by atoms with van der Waals surface area (Å²) in [5, 5.41) is 3.10. The van der Waals surface area contributed by atoms with E-state index in [4.69, 9.17) is 5.73 Å². The Morgan fingerprint density at radius 3 is 2.72 bits per heavy atom. The molecule has 1 saturated carbocycles. The molecular weight excluding hydrogens is 224 g/mol. The van der Waals surface area contributed by atoms with Crippen LogP contribution in [0.25, 0.3) is 0 Å². The second-order valence-electron chi connectivity index (χ2n) is 5.29. The standard InChI is InChI=1S/C15H22N2O/c1-11(12-6-3-2-4-7-12)17-15(18)13-8-5-9-14(16)10-13/h5,8-12H,2-4,6-7,16H2,1H3,(H,17,18)/t11-/m0/s1. The molecule has 1 amide bonds. The molecule has 0 heterocycles. The molecule has 0 aliphatic heterocycles. The fraction of sp³-hybridized carbons (Fsp3) is 0.533. The van der Waals surface area contributed by atoms with Crippen molar-refractivity contribution in [2.24, 2.45) is 5.92 Å². The average molecular weight is 246 g/mol. The molecule has 0 spiro atoms. The zero-order valence-corrected chi connectivity index (χ0v) is 11.0. The molecule has 2 rings (SSSR count). The lowest BCUT2D eigenvalue weighted by Crippen LogP contribution is -2.38. The number of nitrogens with two attached hydrogens (primary N) is 1. The van der Waals surface area contributed by atoms with Gasteiger partial charge in [-0.25, -0.2) is 0 Å². The Hall–Kier alpha value is -1.51. The average Bonchev–Trinajstić information content (AvgIpc) is 2.39. The van der Waals surface area contributed by atoms with Crippen LogP contribution >= 0.6 is 0 Å². The normalized spacial score (nSPS) is 18.3. The van der Waals surface area contributed by atoms with E-state index >= 15 is 0 Å². The van der Waals surface area contributed by atoms with Crippen molar-refractivity contribution < 1.29 is 4.79 Å². The van der Waals surface area contributed by atoms with Gasteiger partial charge in [-0.05, 0) is 43.9 Å². The van der Waals surface area contributed by atoms with Crippen LogP contribution in [0.3, 0.4) is 0 Å². The Morgan fingerprint density at radius 1 is 1.33 bits per heavy atom. The first-order chi connectivity index (χ1) is 8.66. The van der Waals surface area contributed by atoms with Crippen molar-refractivity contribution in [3.8, 4) is 0 Å². The topological polar surface area (TPSA) is 55.1 Å². The minimum Gasteiger partial charge on any atom is -0.399 e. The van der Waals surface area contributed by atoms with Gasteiger partial charge in [0, 0.05) is 17.3 Å². The van der Waals surface area contributed by atoms with E-state index in [1.807, 2.05) is 6.07 Å². The number of carbonyl (C=O) groups excluding carboxylic acids is 1. The van der Waals surface area contributed by atoms with E-state index < -0.39 is 0 Å². The van der Waals surface area contributed by atoms with Crippen molar-refractivity contribution in [3.05, 3.63) is 29.8 Å². The van der Waals surface area contributed by atoms with Gasteiger partial charge in [0.15, 0.2) is 0 Å². The van der Waals surface area contributed by atoms with E-state index in [0.29, 0.717) is 17.2 Å². The lowest BCUT2D eigenvalue weighted by Gasteiger charge is -2.28. The minimum atomic E-state index is -0.0135. The van der Waals surface area contributed by atoms with Gasteiger partial charge in [0.1, 0.15) is 0 Å². The number of carbonyl (C=O) groups is 1. The first-order valence-corrected chi connectivity index (χ1v) is 6.83. The molecule has 1 aliphatic carbocycles. The summed E-state index contributed by atoms with van der Waals surface area (Å²) in [5.74, 6) is 0.615. The predicted molar refractivity (Wildman–Crippen MR) is 74.4 cm³/mol. The highest BCUT2D eigenvalue weighted by Gasteiger charge is 2.21. The van der Waals surface area contributed by atoms with Gasteiger partial charge in [-0.3, -0.25) is 4.79 Å². The van der Waals surface area contributed by atoms with Gasteiger partial charge in [0.2, 0.25) is 0 Å². The van der Waals surface area contributed by atoms with Crippen LogP contribution in [0.15, 0.2) is 24.3 Å². The molecule has 0 bridgehead atoms. The molecule has 3 N–H and O–H groups in total. The summed E-state index contributed by atoms with van der Waals surface area (Å²) >= 11 is 0. The van der Waals surface area contributed by atoms with Crippen LogP contribution in [-0.4, -0.2) is 11.9 Å². The molecule has 0 radical (unpaired) electrons. The Kier molecular flexibility index (Phi) is 4.24. The van der Waals surface area contributed by atoms with Crippen molar-refractivity contribution in [3.63, 3.8) is 0 Å². The zero-order chi connectivity index (χ0) is 13.0. The maximum Gasteiger partial charge on any atom is 0.251 e. The molecule has 1 aliphatic rings. The van der Waals surface area contributed by atoms with E-state index in [2.05, 4.69) is 12.2 Å². The Bertz CT molecular complexity index is 411. The molecule has 0 saturated heterocycles. The lowest BCUT2D eigenvalue weighted by molar-refractivity contribution is 0.0919. The minimum absolute atomic E-state index is 0.0135. The van der Waals surface area contributed by atoms with E-state index in [1.54, 1.807) is 18.2 Å². The third-order valence-corrected chi connectivity index (χ3v) is 3.86. The zero-order valence-electron chi connectivity index (χ0n) is 11.0. The fourth-order valence-corrected chi connectivity index (χ4v) is 2.72. The number of amides is 1. The van der Waals surface area contributed by atoms with Gasteiger partial charge in [0.05, 0.1) is 0 Å². The summed E-state index contributed by atoms with van der Waals surface area (Å²) in [5.41, 5.74) is 6.97. The summed E-state index contributed by atoms with van der Waals surface area (Å²) in [7, 11) is 0. The molecule has 1 fully saturated rings. The van der Waals surface area contributed by atoms with Crippen LogP contribution in [0, 0.1) is 5.92 Å². The van der Waals surface area contributed by atoms with Gasteiger partial charge in [-0.1, -0.05) is 25.3 Å². The van der Waals surface area contributed by atoms with Crippen molar-refractivity contribution in [1.82, 2.24) is 5.32 Å². The van der Waals surface area contributed by atoms with Crippen molar-refractivity contribution in [2.75, 3.05) is 5.73 Å². The van der Waals surface area contributed by atoms with Gasteiger partial charge in [-0.15, -0.1) is 0 Å². The number of rotatable bonds is 3. The predicted octanol–water partition coefficient (Wildman–Crippen LogP) is 2.97. The highest BCUT2D eigenvalue weighted by Crippen LogP contribution is 2.26.